The zero-order valence-electron chi connectivity index (χ0n) is 11.3. The van der Waals surface area contributed by atoms with E-state index in [0.717, 1.165) is 32.0 Å². The van der Waals surface area contributed by atoms with E-state index in [0.29, 0.717) is 19.1 Å². The van der Waals surface area contributed by atoms with Gasteiger partial charge in [-0.2, -0.15) is 0 Å². The minimum atomic E-state index is -0.0311. The lowest BCUT2D eigenvalue weighted by Crippen LogP contribution is -2.50. The van der Waals surface area contributed by atoms with Crippen molar-refractivity contribution in [1.29, 1.82) is 0 Å². The molecule has 0 atom stereocenters. The number of piperidine rings is 1. The van der Waals surface area contributed by atoms with Gasteiger partial charge in [0.1, 0.15) is 0 Å². The first-order valence-corrected chi connectivity index (χ1v) is 7.15. The number of nitrogens with one attached hydrogen (secondary N) is 1. The molecule has 5 heteroatoms. The molecular formula is C13H25N3O2. The molecule has 1 aliphatic carbocycles. The van der Waals surface area contributed by atoms with E-state index in [1.807, 2.05) is 6.92 Å². The second-order valence-corrected chi connectivity index (χ2v) is 5.29. The lowest BCUT2D eigenvalue weighted by Gasteiger charge is -2.33. The molecule has 18 heavy (non-hydrogen) atoms. The van der Waals surface area contributed by atoms with Gasteiger partial charge >= 0.3 is 6.03 Å². The van der Waals surface area contributed by atoms with Crippen LogP contribution in [-0.4, -0.2) is 65.8 Å². The van der Waals surface area contributed by atoms with Crippen LogP contribution in [0.5, 0.6) is 0 Å². The molecule has 0 aromatic heterocycles. The van der Waals surface area contributed by atoms with Crippen molar-refractivity contribution in [3.05, 3.63) is 0 Å². The van der Waals surface area contributed by atoms with Gasteiger partial charge in [-0.25, -0.2) is 4.79 Å². The van der Waals surface area contributed by atoms with E-state index in [1.165, 1.54) is 12.8 Å². The quantitative estimate of drug-likeness (QED) is 0.758. The molecule has 1 saturated heterocycles. The van der Waals surface area contributed by atoms with Crippen LogP contribution in [0, 0.1) is 0 Å². The highest BCUT2D eigenvalue weighted by atomic mass is 16.3. The molecule has 5 nitrogen and oxygen atoms in total. The van der Waals surface area contributed by atoms with Gasteiger partial charge in [-0.05, 0) is 32.6 Å². The Kier molecular flexibility index (Phi) is 4.83. The van der Waals surface area contributed by atoms with Crippen molar-refractivity contribution in [2.75, 3.05) is 32.8 Å². The van der Waals surface area contributed by atoms with Crippen LogP contribution in [0.15, 0.2) is 0 Å². The molecule has 1 heterocycles. The summed E-state index contributed by atoms with van der Waals surface area (Å²) in [4.78, 5) is 16.2. The standard InChI is InChI=1S/C13H25N3O2/c1-2-15(9-10-17)13(18)14-11-5-7-16(8-6-11)12-3-4-12/h11-12,17H,2-10H2,1H3,(H,14,18). The van der Waals surface area contributed by atoms with Gasteiger partial charge in [0.05, 0.1) is 6.61 Å². The number of nitrogens with zero attached hydrogens (tertiary/aromatic N) is 2. The number of rotatable bonds is 5. The highest BCUT2D eigenvalue weighted by Gasteiger charge is 2.32. The summed E-state index contributed by atoms with van der Waals surface area (Å²) in [6.45, 7) is 5.26. The fourth-order valence-electron chi connectivity index (χ4n) is 2.64. The molecule has 0 aromatic carbocycles. The number of amides is 2. The molecule has 2 rings (SSSR count). The molecule has 0 aromatic rings. The molecular weight excluding hydrogens is 230 g/mol. The van der Waals surface area contributed by atoms with Gasteiger partial charge in [0, 0.05) is 38.3 Å². The van der Waals surface area contributed by atoms with Crippen LogP contribution >= 0.6 is 0 Å². The van der Waals surface area contributed by atoms with Crippen molar-refractivity contribution in [3.63, 3.8) is 0 Å². The first-order valence-electron chi connectivity index (χ1n) is 7.15. The van der Waals surface area contributed by atoms with Gasteiger partial charge in [-0.1, -0.05) is 0 Å². The van der Waals surface area contributed by atoms with Gasteiger partial charge < -0.3 is 20.2 Å². The largest absolute Gasteiger partial charge is 0.395 e. The number of carbonyl (C=O) groups is 1. The summed E-state index contributed by atoms with van der Waals surface area (Å²) in [6.07, 6.45) is 4.83. The molecule has 1 aliphatic heterocycles. The number of hydrogen-bond acceptors (Lipinski definition) is 3. The molecule has 0 bridgehead atoms. The maximum absolute atomic E-state index is 12.0. The smallest absolute Gasteiger partial charge is 0.317 e. The third-order valence-corrected chi connectivity index (χ3v) is 3.96. The van der Waals surface area contributed by atoms with E-state index in [2.05, 4.69) is 10.2 Å². The number of hydrogen-bond donors (Lipinski definition) is 2. The van der Waals surface area contributed by atoms with Gasteiger partial charge in [-0.3, -0.25) is 0 Å². The highest BCUT2D eigenvalue weighted by Crippen LogP contribution is 2.29. The first kappa shape index (κ1) is 13.6. The van der Waals surface area contributed by atoms with Crippen LogP contribution in [0.3, 0.4) is 0 Å². The predicted octanol–water partition coefficient (Wildman–Crippen LogP) is 0.637. The Morgan fingerprint density at radius 2 is 2.00 bits per heavy atom. The van der Waals surface area contributed by atoms with E-state index in [-0.39, 0.29) is 12.6 Å². The Balaban J connectivity index is 1.71. The Morgan fingerprint density at radius 3 is 2.50 bits per heavy atom. The SMILES string of the molecule is CCN(CCO)C(=O)NC1CCN(C2CC2)CC1. The summed E-state index contributed by atoms with van der Waals surface area (Å²) >= 11 is 0. The van der Waals surface area contributed by atoms with Crippen molar-refractivity contribution >= 4 is 6.03 Å². The monoisotopic (exact) mass is 255 g/mol. The molecule has 2 fully saturated rings. The maximum atomic E-state index is 12.0. The summed E-state index contributed by atoms with van der Waals surface area (Å²) in [5.74, 6) is 0. The van der Waals surface area contributed by atoms with Crippen molar-refractivity contribution < 1.29 is 9.90 Å². The number of urea groups is 1. The second kappa shape index (κ2) is 6.38. The Bertz CT molecular complexity index is 273. The maximum Gasteiger partial charge on any atom is 0.317 e. The summed E-state index contributed by atoms with van der Waals surface area (Å²) in [6, 6.07) is 1.11. The average molecular weight is 255 g/mol. The minimum absolute atomic E-state index is 0.0292. The number of carbonyl (C=O) groups excluding carboxylic acids is 1. The molecule has 104 valence electrons. The molecule has 2 aliphatic rings. The zero-order chi connectivity index (χ0) is 13.0. The number of likely N-dealkylation sites (N-methyl/N-ethyl adjacent to an activating group) is 1. The van der Waals surface area contributed by atoms with E-state index in [9.17, 15) is 4.79 Å². The summed E-state index contributed by atoms with van der Waals surface area (Å²) in [5.41, 5.74) is 0. The molecule has 1 saturated carbocycles. The molecule has 0 unspecified atom stereocenters. The predicted molar refractivity (Wildman–Crippen MR) is 70.5 cm³/mol. The third kappa shape index (κ3) is 3.59. The lowest BCUT2D eigenvalue weighted by molar-refractivity contribution is 0.160. The summed E-state index contributed by atoms with van der Waals surface area (Å²) in [5, 5.41) is 12.0. The van der Waals surface area contributed by atoms with E-state index in [4.69, 9.17) is 5.11 Å². The van der Waals surface area contributed by atoms with E-state index < -0.39 is 0 Å². The Labute approximate surface area is 109 Å². The average Bonchev–Trinajstić information content (AvgIpc) is 3.21. The van der Waals surface area contributed by atoms with Crippen LogP contribution in [-0.2, 0) is 0 Å². The fraction of sp³-hybridized carbons (Fsp3) is 0.923. The van der Waals surface area contributed by atoms with Crippen LogP contribution in [0.4, 0.5) is 4.79 Å². The lowest BCUT2D eigenvalue weighted by atomic mass is 10.1. The normalized spacial score (nSPS) is 21.9. The van der Waals surface area contributed by atoms with Crippen LogP contribution in [0.2, 0.25) is 0 Å². The molecule has 0 radical (unpaired) electrons. The van der Waals surface area contributed by atoms with Crippen molar-refractivity contribution in [2.45, 2.75) is 44.7 Å². The van der Waals surface area contributed by atoms with Gasteiger partial charge in [0.2, 0.25) is 0 Å². The van der Waals surface area contributed by atoms with Crippen molar-refractivity contribution in [3.8, 4) is 0 Å². The van der Waals surface area contributed by atoms with E-state index >= 15 is 0 Å². The van der Waals surface area contributed by atoms with Gasteiger partial charge in [0.15, 0.2) is 0 Å². The van der Waals surface area contributed by atoms with Gasteiger partial charge in [-0.15, -0.1) is 0 Å². The summed E-state index contributed by atoms with van der Waals surface area (Å²) < 4.78 is 0. The number of aliphatic hydroxyl groups is 1. The first-order chi connectivity index (χ1) is 8.74. The van der Waals surface area contributed by atoms with Crippen LogP contribution in [0.25, 0.3) is 0 Å². The molecule has 2 N–H and O–H groups in total. The molecule has 0 spiro atoms. The molecule has 2 amide bonds. The van der Waals surface area contributed by atoms with Crippen molar-refractivity contribution in [2.24, 2.45) is 0 Å². The Morgan fingerprint density at radius 1 is 1.33 bits per heavy atom. The third-order valence-electron chi connectivity index (χ3n) is 3.96. The highest BCUT2D eigenvalue weighted by molar-refractivity contribution is 5.74. The zero-order valence-corrected chi connectivity index (χ0v) is 11.3. The number of likely N-dealkylation sites (tertiary alicyclic amines) is 1. The second-order valence-electron chi connectivity index (χ2n) is 5.29. The fourth-order valence-corrected chi connectivity index (χ4v) is 2.64. The Hall–Kier alpha value is -0.810. The summed E-state index contributed by atoms with van der Waals surface area (Å²) in [7, 11) is 0. The van der Waals surface area contributed by atoms with Gasteiger partial charge in [0.25, 0.3) is 0 Å². The van der Waals surface area contributed by atoms with E-state index in [1.54, 1.807) is 4.90 Å². The van der Waals surface area contributed by atoms with Crippen molar-refractivity contribution in [1.82, 2.24) is 15.1 Å². The number of aliphatic hydroxyl groups excluding tert-OH is 1. The minimum Gasteiger partial charge on any atom is -0.395 e. The topological polar surface area (TPSA) is 55.8 Å². The van der Waals surface area contributed by atoms with Crippen LogP contribution < -0.4 is 5.32 Å². The van der Waals surface area contributed by atoms with Crippen LogP contribution in [0.1, 0.15) is 32.6 Å².